The van der Waals surface area contributed by atoms with E-state index in [1.54, 1.807) is 0 Å². The minimum atomic E-state index is 0.550. The Morgan fingerprint density at radius 3 is 2.50 bits per heavy atom. The molecule has 0 amide bonds. The van der Waals surface area contributed by atoms with Crippen LogP contribution in [0.3, 0.4) is 0 Å². The molecule has 0 spiro atoms. The van der Waals surface area contributed by atoms with Crippen LogP contribution in [-0.2, 0) is 20.1 Å². The summed E-state index contributed by atoms with van der Waals surface area (Å²) in [7, 11) is 3.98. The van der Waals surface area contributed by atoms with E-state index in [2.05, 4.69) is 45.5 Å². The Labute approximate surface area is 178 Å². The summed E-state index contributed by atoms with van der Waals surface area (Å²) >= 11 is 0. The molecule has 0 saturated carbocycles. The van der Waals surface area contributed by atoms with Gasteiger partial charge in [-0.15, -0.1) is 10.2 Å². The Morgan fingerprint density at radius 1 is 1.07 bits per heavy atom. The molecule has 0 saturated heterocycles. The number of ether oxygens (including phenoxy) is 1. The standard InChI is InChI=1S/C23H30N6O/c1-18-10-8-9-13-21(18)30-15-14-28(3)23(24-16-20-11-6-5-7-12-20)25-17-22-27-26-19(2)29(22)4/h5-13H,14-17H2,1-4H3,(H,24,25). The first kappa shape index (κ1) is 21.4. The van der Waals surface area contributed by atoms with Crippen molar-refractivity contribution in [2.24, 2.45) is 12.0 Å². The second-order valence-electron chi connectivity index (χ2n) is 7.24. The fourth-order valence-corrected chi connectivity index (χ4v) is 2.94. The lowest BCUT2D eigenvalue weighted by atomic mass is 10.2. The Morgan fingerprint density at radius 2 is 1.80 bits per heavy atom. The lowest BCUT2D eigenvalue weighted by molar-refractivity contribution is 0.279. The summed E-state index contributed by atoms with van der Waals surface area (Å²) in [5, 5.41) is 11.8. The average molecular weight is 407 g/mol. The number of hydrogen-bond acceptors (Lipinski definition) is 4. The first-order valence-corrected chi connectivity index (χ1v) is 10.1. The monoisotopic (exact) mass is 406 g/mol. The third-order valence-corrected chi connectivity index (χ3v) is 4.98. The van der Waals surface area contributed by atoms with Crippen LogP contribution in [0.1, 0.15) is 22.8 Å². The minimum Gasteiger partial charge on any atom is -0.491 e. The largest absolute Gasteiger partial charge is 0.491 e. The van der Waals surface area contributed by atoms with E-state index in [1.165, 1.54) is 0 Å². The number of para-hydroxylation sites is 1. The maximum atomic E-state index is 5.95. The van der Waals surface area contributed by atoms with Gasteiger partial charge in [0, 0.05) is 14.1 Å². The lowest BCUT2D eigenvalue weighted by Gasteiger charge is -2.23. The van der Waals surface area contributed by atoms with Crippen LogP contribution in [0.4, 0.5) is 0 Å². The molecule has 1 N–H and O–H groups in total. The van der Waals surface area contributed by atoms with Crippen LogP contribution in [0.2, 0.25) is 0 Å². The number of aromatic nitrogens is 3. The number of guanidine groups is 1. The molecule has 2 aromatic carbocycles. The summed E-state index contributed by atoms with van der Waals surface area (Å²) in [4.78, 5) is 6.88. The fourth-order valence-electron chi connectivity index (χ4n) is 2.94. The molecule has 0 atom stereocenters. The van der Waals surface area contributed by atoms with E-state index in [0.29, 0.717) is 26.2 Å². The summed E-state index contributed by atoms with van der Waals surface area (Å²) < 4.78 is 7.93. The van der Waals surface area contributed by atoms with Crippen LogP contribution < -0.4 is 10.1 Å². The lowest BCUT2D eigenvalue weighted by Crippen LogP contribution is -2.41. The number of hydrogen-bond donors (Lipinski definition) is 1. The quantitative estimate of drug-likeness (QED) is 0.460. The molecule has 30 heavy (non-hydrogen) atoms. The smallest absolute Gasteiger partial charge is 0.194 e. The first-order chi connectivity index (χ1) is 14.5. The molecule has 1 aromatic heterocycles. The number of benzene rings is 2. The third kappa shape index (κ3) is 5.83. The maximum absolute atomic E-state index is 5.95. The van der Waals surface area contributed by atoms with Crippen molar-refractivity contribution in [3.8, 4) is 5.75 Å². The third-order valence-electron chi connectivity index (χ3n) is 4.98. The fraction of sp³-hybridized carbons (Fsp3) is 0.348. The average Bonchev–Trinajstić information content (AvgIpc) is 3.08. The van der Waals surface area contributed by atoms with Gasteiger partial charge in [-0.05, 0) is 31.0 Å². The predicted octanol–water partition coefficient (Wildman–Crippen LogP) is 3.09. The van der Waals surface area contributed by atoms with E-state index < -0.39 is 0 Å². The number of aryl methyl sites for hydroxylation is 2. The van der Waals surface area contributed by atoms with Crippen LogP contribution in [0.15, 0.2) is 59.6 Å². The van der Waals surface area contributed by atoms with E-state index in [1.807, 2.05) is 62.0 Å². The maximum Gasteiger partial charge on any atom is 0.194 e. The molecular formula is C23H30N6O. The second-order valence-corrected chi connectivity index (χ2v) is 7.24. The van der Waals surface area contributed by atoms with Crippen LogP contribution >= 0.6 is 0 Å². The van der Waals surface area contributed by atoms with Crippen molar-refractivity contribution in [3.63, 3.8) is 0 Å². The van der Waals surface area contributed by atoms with Gasteiger partial charge in [-0.25, -0.2) is 4.99 Å². The van der Waals surface area contributed by atoms with Gasteiger partial charge < -0.3 is 19.5 Å². The van der Waals surface area contributed by atoms with E-state index in [-0.39, 0.29) is 0 Å². The van der Waals surface area contributed by atoms with E-state index >= 15 is 0 Å². The van der Waals surface area contributed by atoms with Crippen molar-refractivity contribution in [2.75, 3.05) is 20.2 Å². The Balaban J connectivity index is 1.64. The zero-order chi connectivity index (χ0) is 21.3. The van der Waals surface area contributed by atoms with Gasteiger partial charge >= 0.3 is 0 Å². The van der Waals surface area contributed by atoms with Crippen molar-refractivity contribution < 1.29 is 4.74 Å². The van der Waals surface area contributed by atoms with Crippen molar-refractivity contribution >= 4 is 5.96 Å². The molecule has 0 bridgehead atoms. The van der Waals surface area contributed by atoms with Crippen LogP contribution in [0.25, 0.3) is 0 Å². The zero-order valence-electron chi connectivity index (χ0n) is 18.2. The summed E-state index contributed by atoms with van der Waals surface area (Å²) in [6.07, 6.45) is 0. The van der Waals surface area contributed by atoms with Gasteiger partial charge in [0.15, 0.2) is 11.8 Å². The van der Waals surface area contributed by atoms with Gasteiger partial charge in [0.1, 0.15) is 18.2 Å². The Bertz CT molecular complexity index is 967. The van der Waals surface area contributed by atoms with E-state index in [9.17, 15) is 0 Å². The summed E-state index contributed by atoms with van der Waals surface area (Å²) in [6.45, 7) is 6.41. The molecule has 7 nitrogen and oxygen atoms in total. The predicted molar refractivity (Wildman–Crippen MR) is 119 cm³/mol. The van der Waals surface area contributed by atoms with Crippen LogP contribution in [0, 0.1) is 13.8 Å². The molecule has 0 aliphatic carbocycles. The summed E-state index contributed by atoms with van der Waals surface area (Å²) in [5.74, 6) is 3.46. The van der Waals surface area contributed by atoms with Crippen molar-refractivity contribution in [1.82, 2.24) is 25.0 Å². The van der Waals surface area contributed by atoms with Crippen molar-refractivity contribution in [3.05, 3.63) is 77.4 Å². The van der Waals surface area contributed by atoms with Gasteiger partial charge in [0.25, 0.3) is 0 Å². The molecule has 0 aliphatic heterocycles. The Hall–Kier alpha value is -3.35. The minimum absolute atomic E-state index is 0.550. The van der Waals surface area contributed by atoms with Gasteiger partial charge in [0.05, 0.1) is 19.6 Å². The molecule has 0 radical (unpaired) electrons. The highest BCUT2D eigenvalue weighted by molar-refractivity contribution is 5.79. The summed E-state index contributed by atoms with van der Waals surface area (Å²) in [6, 6.07) is 18.3. The molecule has 158 valence electrons. The Kier molecular flexibility index (Phi) is 7.43. The van der Waals surface area contributed by atoms with E-state index in [0.717, 1.165) is 34.5 Å². The highest BCUT2D eigenvalue weighted by Crippen LogP contribution is 2.15. The van der Waals surface area contributed by atoms with Gasteiger partial charge in [0.2, 0.25) is 0 Å². The first-order valence-electron chi connectivity index (χ1n) is 10.1. The van der Waals surface area contributed by atoms with E-state index in [4.69, 9.17) is 9.73 Å². The molecule has 0 aliphatic rings. The number of nitrogens with one attached hydrogen (secondary N) is 1. The molecule has 3 aromatic rings. The molecule has 1 heterocycles. The molecule has 7 heteroatoms. The number of rotatable bonds is 8. The van der Waals surface area contributed by atoms with Crippen molar-refractivity contribution in [1.29, 1.82) is 0 Å². The molecular weight excluding hydrogens is 376 g/mol. The van der Waals surface area contributed by atoms with Crippen LogP contribution in [-0.4, -0.2) is 45.8 Å². The van der Waals surface area contributed by atoms with Gasteiger partial charge in [-0.3, -0.25) is 0 Å². The number of likely N-dealkylation sites (N-methyl/N-ethyl adjacent to an activating group) is 1. The highest BCUT2D eigenvalue weighted by Gasteiger charge is 2.10. The molecule has 0 unspecified atom stereocenters. The second kappa shape index (κ2) is 10.4. The zero-order valence-corrected chi connectivity index (χ0v) is 18.2. The summed E-state index contributed by atoms with van der Waals surface area (Å²) in [5.41, 5.74) is 2.30. The SMILES string of the molecule is Cc1ccccc1OCCN(C)C(=NCc1ccccc1)NCc1nnc(C)n1C. The van der Waals surface area contributed by atoms with Crippen molar-refractivity contribution in [2.45, 2.75) is 26.9 Å². The molecule has 3 rings (SSSR count). The number of aliphatic imine (C=N–C) groups is 1. The topological polar surface area (TPSA) is 67.6 Å². The van der Waals surface area contributed by atoms with Crippen LogP contribution in [0.5, 0.6) is 5.75 Å². The highest BCUT2D eigenvalue weighted by atomic mass is 16.5. The number of nitrogens with zero attached hydrogens (tertiary/aromatic N) is 5. The van der Waals surface area contributed by atoms with Gasteiger partial charge in [-0.2, -0.15) is 0 Å². The van der Waals surface area contributed by atoms with Gasteiger partial charge in [-0.1, -0.05) is 48.5 Å². The normalized spacial score (nSPS) is 11.4. The molecule has 0 fully saturated rings.